The molecule has 1 heterocycles. The van der Waals surface area contributed by atoms with Crippen LogP contribution in [-0.2, 0) is 6.54 Å². The number of hydrogen-bond donors (Lipinski definition) is 2. The molecule has 0 amide bonds. The van der Waals surface area contributed by atoms with Crippen molar-refractivity contribution in [1.82, 2.24) is 24.8 Å². The molecule has 1 aromatic carbocycles. The Morgan fingerprint density at radius 2 is 2.09 bits per heavy atom. The molecule has 0 bridgehead atoms. The lowest BCUT2D eigenvalue weighted by atomic mass is 10.1. The van der Waals surface area contributed by atoms with Crippen LogP contribution < -0.4 is 16.2 Å². The number of nitrogens with zero attached hydrogens (tertiary/aromatic N) is 4. The van der Waals surface area contributed by atoms with Crippen LogP contribution >= 0.6 is 0 Å². The largest absolute Gasteiger partial charge is 0.324 e. The summed E-state index contributed by atoms with van der Waals surface area (Å²) >= 11 is 0. The van der Waals surface area contributed by atoms with Gasteiger partial charge in [-0.3, -0.25) is 9.36 Å². The van der Waals surface area contributed by atoms with Crippen molar-refractivity contribution < 1.29 is 4.39 Å². The SMILES string of the molecule is CCN(C)CCNC1C=CC(Nc2nccccc(=O)n(Cc3cccc(F)c3)cn2)=CC1. The van der Waals surface area contributed by atoms with E-state index in [1.807, 2.05) is 6.08 Å². The average Bonchev–Trinajstić information content (AvgIpc) is 2.81. The van der Waals surface area contributed by atoms with Gasteiger partial charge in [-0.05, 0) is 49.9 Å². The van der Waals surface area contributed by atoms with Gasteiger partial charge in [-0.1, -0.05) is 37.3 Å². The summed E-state index contributed by atoms with van der Waals surface area (Å²) in [7, 11) is 2.11. The first-order valence-electron chi connectivity index (χ1n) is 11.1. The number of allylic oxidation sites excluding steroid dienone is 1. The van der Waals surface area contributed by atoms with E-state index in [1.165, 1.54) is 29.1 Å². The van der Waals surface area contributed by atoms with Gasteiger partial charge in [-0.15, -0.1) is 0 Å². The fourth-order valence-corrected chi connectivity index (χ4v) is 3.22. The van der Waals surface area contributed by atoms with Gasteiger partial charge < -0.3 is 15.5 Å². The number of aromatic nitrogens is 3. The molecule has 1 atom stereocenters. The predicted octanol–water partition coefficient (Wildman–Crippen LogP) is 3.12. The number of halogens is 1. The first-order chi connectivity index (χ1) is 16.0. The second-order valence-electron chi connectivity index (χ2n) is 7.83. The molecule has 1 aliphatic carbocycles. The zero-order valence-electron chi connectivity index (χ0n) is 19.1. The van der Waals surface area contributed by atoms with Crippen LogP contribution in [-0.4, -0.2) is 52.2 Å². The van der Waals surface area contributed by atoms with Crippen LogP contribution in [0.25, 0.3) is 0 Å². The number of rotatable bonds is 9. The van der Waals surface area contributed by atoms with Gasteiger partial charge in [0, 0.05) is 37.1 Å². The van der Waals surface area contributed by atoms with E-state index < -0.39 is 0 Å². The standard InChI is InChI=1S/C25H31FN6O/c1-3-31(2)16-15-27-22-10-12-23(13-11-22)30-25-28-14-5-4-9-24(33)32(19-29-25)18-20-7-6-8-21(26)17-20/h4-10,12-14,17,19,22,27H,3,11,15-16,18H2,1-2H3,(H,28,30). The Morgan fingerprint density at radius 1 is 1.21 bits per heavy atom. The molecular formula is C25H31FN6O. The molecule has 0 radical (unpaired) electrons. The second kappa shape index (κ2) is 12.6. The van der Waals surface area contributed by atoms with Crippen LogP contribution in [0.1, 0.15) is 18.9 Å². The van der Waals surface area contributed by atoms with Gasteiger partial charge in [0.25, 0.3) is 5.56 Å². The van der Waals surface area contributed by atoms with E-state index in [2.05, 4.69) is 51.6 Å². The first kappa shape index (κ1) is 24.3. The van der Waals surface area contributed by atoms with E-state index in [0.717, 1.165) is 31.8 Å². The topological polar surface area (TPSA) is 75.1 Å². The van der Waals surface area contributed by atoms with Crippen molar-refractivity contribution in [2.24, 2.45) is 0 Å². The summed E-state index contributed by atoms with van der Waals surface area (Å²) < 4.78 is 15.0. The summed E-state index contributed by atoms with van der Waals surface area (Å²) in [6.45, 7) is 5.32. The van der Waals surface area contributed by atoms with E-state index in [1.54, 1.807) is 30.5 Å². The highest BCUT2D eigenvalue weighted by Gasteiger charge is 2.09. The summed E-state index contributed by atoms with van der Waals surface area (Å²) in [5.41, 5.74) is 1.30. The van der Waals surface area contributed by atoms with Crippen molar-refractivity contribution in [1.29, 1.82) is 0 Å². The molecule has 1 aromatic heterocycles. The maximum Gasteiger partial charge on any atom is 0.251 e. The van der Waals surface area contributed by atoms with Crippen molar-refractivity contribution in [3.05, 3.63) is 101 Å². The molecule has 1 aliphatic rings. The molecule has 0 saturated heterocycles. The highest BCUT2D eigenvalue weighted by atomic mass is 19.1. The third-order valence-corrected chi connectivity index (χ3v) is 5.27. The van der Waals surface area contributed by atoms with Crippen molar-refractivity contribution >= 4 is 5.95 Å². The Labute approximate surface area is 194 Å². The van der Waals surface area contributed by atoms with E-state index in [-0.39, 0.29) is 17.9 Å². The second-order valence-corrected chi connectivity index (χ2v) is 7.83. The Hall–Kier alpha value is -3.36. The smallest absolute Gasteiger partial charge is 0.251 e. The monoisotopic (exact) mass is 450 g/mol. The molecule has 0 fully saturated rings. The maximum atomic E-state index is 13.5. The molecule has 0 saturated carbocycles. The van der Waals surface area contributed by atoms with E-state index in [4.69, 9.17) is 0 Å². The number of hydrogen-bond acceptors (Lipinski definition) is 6. The number of benzene rings is 1. The highest BCUT2D eigenvalue weighted by Crippen LogP contribution is 2.12. The molecule has 7 nitrogen and oxygen atoms in total. The molecule has 0 spiro atoms. The Kier molecular flexibility index (Phi) is 9.29. The first-order valence-corrected chi connectivity index (χ1v) is 11.1. The van der Waals surface area contributed by atoms with Gasteiger partial charge in [0.05, 0.1) is 6.54 Å². The van der Waals surface area contributed by atoms with Crippen LogP contribution in [0.15, 0.2) is 83.7 Å². The molecule has 3 rings (SSSR count). The fraction of sp³-hybridized carbons (Fsp3) is 0.320. The summed E-state index contributed by atoms with van der Waals surface area (Å²) in [4.78, 5) is 23.5. The predicted molar refractivity (Wildman–Crippen MR) is 130 cm³/mol. The molecule has 174 valence electrons. The highest BCUT2D eigenvalue weighted by molar-refractivity contribution is 5.40. The third kappa shape index (κ3) is 8.25. The number of likely N-dealkylation sites (N-methyl/N-ethyl adjacent to an activating group) is 1. The molecule has 8 heteroatoms. The van der Waals surface area contributed by atoms with Crippen molar-refractivity contribution in [2.75, 3.05) is 32.0 Å². The van der Waals surface area contributed by atoms with Gasteiger partial charge in [0.15, 0.2) is 0 Å². The Balaban J connectivity index is 1.71. The molecular weight excluding hydrogens is 419 g/mol. The van der Waals surface area contributed by atoms with Gasteiger partial charge in [0.1, 0.15) is 12.1 Å². The van der Waals surface area contributed by atoms with Gasteiger partial charge in [-0.2, -0.15) is 0 Å². The quantitative estimate of drug-likeness (QED) is 0.612. The molecule has 2 N–H and O–H groups in total. The average molecular weight is 451 g/mol. The maximum absolute atomic E-state index is 13.5. The summed E-state index contributed by atoms with van der Waals surface area (Å²) in [5.74, 6) is 0.00650. The molecule has 2 aromatic rings. The lowest BCUT2D eigenvalue weighted by molar-refractivity contribution is 0.344. The van der Waals surface area contributed by atoms with E-state index in [9.17, 15) is 9.18 Å². The van der Waals surface area contributed by atoms with Crippen LogP contribution in [0, 0.1) is 5.82 Å². The Bertz CT molecular complexity index is 1100. The minimum atomic E-state index is -0.346. The van der Waals surface area contributed by atoms with Gasteiger partial charge >= 0.3 is 0 Å². The van der Waals surface area contributed by atoms with Crippen LogP contribution in [0.3, 0.4) is 0 Å². The van der Waals surface area contributed by atoms with Crippen molar-refractivity contribution in [3.63, 3.8) is 0 Å². The minimum absolute atomic E-state index is 0.199. The Morgan fingerprint density at radius 3 is 2.85 bits per heavy atom. The van der Waals surface area contributed by atoms with Crippen LogP contribution in [0.4, 0.5) is 10.3 Å². The van der Waals surface area contributed by atoms with Gasteiger partial charge in [0.2, 0.25) is 5.95 Å². The molecule has 1 unspecified atom stereocenters. The molecule has 0 aliphatic heterocycles. The van der Waals surface area contributed by atoms with Crippen molar-refractivity contribution in [3.8, 4) is 0 Å². The molecule has 33 heavy (non-hydrogen) atoms. The fourth-order valence-electron chi connectivity index (χ4n) is 3.22. The lowest BCUT2D eigenvalue weighted by Gasteiger charge is -2.20. The minimum Gasteiger partial charge on any atom is -0.324 e. The normalized spacial score (nSPS) is 15.2. The van der Waals surface area contributed by atoms with Crippen LogP contribution in [0.2, 0.25) is 0 Å². The summed E-state index contributed by atoms with van der Waals surface area (Å²) in [6, 6.07) is 11.2. The third-order valence-electron chi connectivity index (χ3n) is 5.27. The van der Waals surface area contributed by atoms with Gasteiger partial charge in [-0.25, -0.2) is 14.4 Å². The van der Waals surface area contributed by atoms with E-state index in [0.29, 0.717) is 17.6 Å². The van der Waals surface area contributed by atoms with Crippen LogP contribution in [0.5, 0.6) is 0 Å². The number of anilines is 1. The van der Waals surface area contributed by atoms with E-state index >= 15 is 0 Å². The number of nitrogens with one attached hydrogen (secondary N) is 2. The zero-order chi connectivity index (χ0) is 23.5. The lowest BCUT2D eigenvalue weighted by Crippen LogP contribution is -2.35. The summed E-state index contributed by atoms with van der Waals surface area (Å²) in [6.07, 6.45) is 10.1. The van der Waals surface area contributed by atoms with Crippen molar-refractivity contribution in [2.45, 2.75) is 25.9 Å². The summed E-state index contributed by atoms with van der Waals surface area (Å²) in [5, 5.41) is 6.74. The zero-order valence-corrected chi connectivity index (χ0v) is 19.1.